The monoisotopic (exact) mass is 201 g/mol. The smallest absolute Gasteiger partial charge is 0.249 e. The van der Waals surface area contributed by atoms with Crippen molar-refractivity contribution >= 4 is 5.91 Å². The van der Waals surface area contributed by atoms with Gasteiger partial charge in [-0.3, -0.25) is 4.79 Å². The summed E-state index contributed by atoms with van der Waals surface area (Å²) in [5.74, 6) is 0.248. The Morgan fingerprint density at radius 3 is 2.57 bits per heavy atom. The number of amides is 1. The van der Waals surface area contributed by atoms with Gasteiger partial charge in [-0.25, -0.2) is 0 Å². The van der Waals surface area contributed by atoms with E-state index in [1.54, 1.807) is 0 Å². The molecule has 0 heterocycles. The molecule has 1 fully saturated rings. The zero-order valence-electron chi connectivity index (χ0n) is 8.66. The Balaban J connectivity index is 2.58. The first-order valence-corrected chi connectivity index (χ1v) is 5.15. The van der Waals surface area contributed by atoms with Crippen LogP contribution in [0, 0.1) is 5.92 Å². The number of hydrogen-bond donors (Lipinski definition) is 2. The van der Waals surface area contributed by atoms with E-state index in [4.69, 9.17) is 15.6 Å². The molecule has 82 valence electrons. The highest BCUT2D eigenvalue weighted by Crippen LogP contribution is 2.34. The zero-order chi connectivity index (χ0) is 10.6. The van der Waals surface area contributed by atoms with E-state index in [0.29, 0.717) is 18.8 Å². The van der Waals surface area contributed by atoms with Gasteiger partial charge in [0.2, 0.25) is 5.91 Å². The zero-order valence-corrected chi connectivity index (χ0v) is 8.66. The Kier molecular flexibility index (Phi) is 3.89. The van der Waals surface area contributed by atoms with Crippen molar-refractivity contribution in [1.29, 1.82) is 0 Å². The molecule has 1 amide bonds. The van der Waals surface area contributed by atoms with Gasteiger partial charge in [0.15, 0.2) is 0 Å². The topological polar surface area (TPSA) is 72.6 Å². The minimum Gasteiger partial charge on any atom is -0.394 e. The van der Waals surface area contributed by atoms with Gasteiger partial charge < -0.3 is 15.6 Å². The highest BCUT2D eigenvalue weighted by Gasteiger charge is 2.40. The summed E-state index contributed by atoms with van der Waals surface area (Å²) in [6.45, 7) is 2.29. The fourth-order valence-corrected chi connectivity index (χ4v) is 1.93. The number of hydrogen-bond acceptors (Lipinski definition) is 3. The molecule has 1 aliphatic carbocycles. The van der Waals surface area contributed by atoms with E-state index in [-0.39, 0.29) is 13.2 Å². The van der Waals surface area contributed by atoms with E-state index in [2.05, 4.69) is 6.92 Å². The van der Waals surface area contributed by atoms with Gasteiger partial charge in [0.05, 0.1) is 13.2 Å². The number of ether oxygens (including phenoxy) is 1. The number of aliphatic hydroxyl groups excluding tert-OH is 1. The Labute approximate surface area is 84.4 Å². The quantitative estimate of drug-likeness (QED) is 0.692. The molecule has 0 radical (unpaired) electrons. The lowest BCUT2D eigenvalue weighted by atomic mass is 9.79. The lowest BCUT2D eigenvalue weighted by molar-refractivity contribution is -0.151. The molecule has 4 heteroatoms. The molecule has 1 saturated carbocycles. The van der Waals surface area contributed by atoms with E-state index in [1.807, 2.05) is 0 Å². The van der Waals surface area contributed by atoms with Crippen molar-refractivity contribution < 1.29 is 14.6 Å². The average molecular weight is 201 g/mol. The van der Waals surface area contributed by atoms with E-state index < -0.39 is 11.5 Å². The van der Waals surface area contributed by atoms with Crippen molar-refractivity contribution in [3.8, 4) is 0 Å². The second-order valence-corrected chi connectivity index (χ2v) is 4.11. The fraction of sp³-hybridized carbons (Fsp3) is 0.900. The van der Waals surface area contributed by atoms with Gasteiger partial charge in [0.25, 0.3) is 0 Å². The summed E-state index contributed by atoms with van der Waals surface area (Å²) in [4.78, 5) is 11.3. The standard InChI is InChI=1S/C10H19NO3/c1-8-2-4-10(5-3-8,9(11)13)14-7-6-12/h8,12H,2-7H2,1H3,(H2,11,13). The van der Waals surface area contributed by atoms with Gasteiger partial charge in [0, 0.05) is 0 Å². The van der Waals surface area contributed by atoms with Gasteiger partial charge in [-0.2, -0.15) is 0 Å². The molecule has 0 aromatic heterocycles. The Morgan fingerprint density at radius 1 is 1.57 bits per heavy atom. The summed E-state index contributed by atoms with van der Waals surface area (Å²) in [5, 5.41) is 8.67. The van der Waals surface area contributed by atoms with E-state index in [0.717, 1.165) is 12.8 Å². The molecular weight excluding hydrogens is 182 g/mol. The molecule has 0 spiro atoms. The van der Waals surface area contributed by atoms with E-state index >= 15 is 0 Å². The van der Waals surface area contributed by atoms with Crippen LogP contribution in [0.3, 0.4) is 0 Å². The number of nitrogens with two attached hydrogens (primary N) is 1. The van der Waals surface area contributed by atoms with Crippen molar-refractivity contribution in [3.63, 3.8) is 0 Å². The Bertz CT molecular complexity index is 192. The molecule has 0 atom stereocenters. The average Bonchev–Trinajstić information content (AvgIpc) is 2.17. The van der Waals surface area contributed by atoms with Gasteiger partial charge in [0.1, 0.15) is 5.60 Å². The minimum absolute atomic E-state index is 0.0649. The first-order chi connectivity index (χ1) is 6.60. The summed E-state index contributed by atoms with van der Waals surface area (Å²) >= 11 is 0. The molecule has 0 saturated heterocycles. The van der Waals surface area contributed by atoms with E-state index in [1.165, 1.54) is 0 Å². The number of primary amides is 1. The van der Waals surface area contributed by atoms with Crippen LogP contribution in [-0.4, -0.2) is 29.8 Å². The van der Waals surface area contributed by atoms with Crippen LogP contribution in [0.15, 0.2) is 0 Å². The van der Waals surface area contributed by atoms with Crippen LogP contribution in [0.1, 0.15) is 32.6 Å². The predicted octanol–water partition coefficient (Wildman–Crippen LogP) is 0.429. The molecule has 0 unspecified atom stereocenters. The van der Waals surface area contributed by atoms with Gasteiger partial charge >= 0.3 is 0 Å². The van der Waals surface area contributed by atoms with E-state index in [9.17, 15) is 4.79 Å². The molecule has 0 bridgehead atoms. The van der Waals surface area contributed by atoms with Crippen LogP contribution in [0.2, 0.25) is 0 Å². The van der Waals surface area contributed by atoms with Crippen LogP contribution in [0.5, 0.6) is 0 Å². The Hall–Kier alpha value is -0.610. The van der Waals surface area contributed by atoms with Gasteiger partial charge in [-0.05, 0) is 31.6 Å². The highest BCUT2D eigenvalue weighted by molar-refractivity contribution is 5.83. The minimum atomic E-state index is -0.810. The third-order valence-electron chi connectivity index (χ3n) is 3.00. The first-order valence-electron chi connectivity index (χ1n) is 5.15. The van der Waals surface area contributed by atoms with Crippen molar-refractivity contribution in [3.05, 3.63) is 0 Å². The summed E-state index contributed by atoms with van der Waals surface area (Å²) in [5.41, 5.74) is 4.53. The third-order valence-corrected chi connectivity index (χ3v) is 3.00. The molecule has 1 aliphatic rings. The number of rotatable bonds is 4. The van der Waals surface area contributed by atoms with Gasteiger partial charge in [-0.15, -0.1) is 0 Å². The summed E-state index contributed by atoms with van der Waals surface area (Å²) < 4.78 is 5.40. The summed E-state index contributed by atoms with van der Waals surface area (Å²) in [7, 11) is 0. The second kappa shape index (κ2) is 4.75. The number of carbonyl (C=O) groups excluding carboxylic acids is 1. The number of aliphatic hydroxyl groups is 1. The van der Waals surface area contributed by atoms with Crippen molar-refractivity contribution in [2.24, 2.45) is 11.7 Å². The molecule has 1 rings (SSSR count). The number of carbonyl (C=O) groups is 1. The van der Waals surface area contributed by atoms with Crippen LogP contribution in [0.25, 0.3) is 0 Å². The fourth-order valence-electron chi connectivity index (χ4n) is 1.93. The van der Waals surface area contributed by atoms with Gasteiger partial charge in [-0.1, -0.05) is 6.92 Å². The predicted molar refractivity (Wildman–Crippen MR) is 52.6 cm³/mol. The van der Waals surface area contributed by atoms with Crippen molar-refractivity contribution in [2.75, 3.05) is 13.2 Å². The lowest BCUT2D eigenvalue weighted by Crippen LogP contribution is -2.49. The van der Waals surface area contributed by atoms with Crippen molar-refractivity contribution in [2.45, 2.75) is 38.2 Å². The maximum atomic E-state index is 11.3. The van der Waals surface area contributed by atoms with Crippen molar-refractivity contribution in [1.82, 2.24) is 0 Å². The summed E-state index contributed by atoms with van der Waals surface area (Å²) in [6.07, 6.45) is 3.30. The lowest BCUT2D eigenvalue weighted by Gasteiger charge is -2.36. The first kappa shape index (κ1) is 11.5. The van der Waals surface area contributed by atoms with Crippen LogP contribution in [0.4, 0.5) is 0 Å². The molecular formula is C10H19NO3. The molecule has 4 nitrogen and oxygen atoms in total. The maximum absolute atomic E-state index is 11.3. The van der Waals surface area contributed by atoms with Crippen LogP contribution < -0.4 is 5.73 Å². The highest BCUT2D eigenvalue weighted by atomic mass is 16.5. The van der Waals surface area contributed by atoms with Crippen LogP contribution >= 0.6 is 0 Å². The summed E-state index contributed by atoms with van der Waals surface area (Å²) in [6, 6.07) is 0. The van der Waals surface area contributed by atoms with Crippen LogP contribution in [-0.2, 0) is 9.53 Å². The molecule has 0 aliphatic heterocycles. The Morgan fingerprint density at radius 2 is 2.14 bits per heavy atom. The molecule has 0 aromatic rings. The normalized spacial score (nSPS) is 32.9. The maximum Gasteiger partial charge on any atom is 0.249 e. The molecule has 0 aromatic carbocycles. The largest absolute Gasteiger partial charge is 0.394 e. The second-order valence-electron chi connectivity index (χ2n) is 4.11. The molecule has 3 N–H and O–H groups in total. The third kappa shape index (κ3) is 2.45. The SMILES string of the molecule is CC1CCC(OCCO)(C(N)=O)CC1. The molecule has 14 heavy (non-hydrogen) atoms.